The molecule has 0 saturated carbocycles. The molecule has 1 N–H and O–H groups in total. The number of halogens is 2. The topological polar surface area (TPSA) is 15.3 Å². The molecule has 0 spiro atoms. The zero-order valence-electron chi connectivity index (χ0n) is 7.27. The summed E-state index contributed by atoms with van der Waals surface area (Å²) in [4.78, 5) is 2.33. The summed E-state index contributed by atoms with van der Waals surface area (Å²) in [5.74, 6) is 0.722. The lowest BCUT2D eigenvalue weighted by Crippen LogP contribution is -2.40. The summed E-state index contributed by atoms with van der Waals surface area (Å²) in [5, 5.41) is 3.27. The molecule has 1 heterocycles. The van der Waals surface area contributed by atoms with Crippen LogP contribution in [0.15, 0.2) is 0 Å². The Hall–Kier alpha value is 0.500. The molecular formula is C7H18Cl2N2. The molecule has 1 fully saturated rings. The van der Waals surface area contributed by atoms with Crippen molar-refractivity contribution in [3.63, 3.8) is 0 Å². The second-order valence-electron chi connectivity index (χ2n) is 2.32. The van der Waals surface area contributed by atoms with Crippen molar-refractivity contribution in [2.45, 2.75) is 6.92 Å². The van der Waals surface area contributed by atoms with Crippen LogP contribution in [-0.4, -0.2) is 44.0 Å². The van der Waals surface area contributed by atoms with E-state index in [-0.39, 0.29) is 12.4 Å². The molecule has 0 aromatic rings. The average molecular weight is 201 g/mol. The fourth-order valence-corrected chi connectivity index (χ4v) is 0.777. The van der Waals surface area contributed by atoms with Crippen LogP contribution in [0.3, 0.4) is 0 Å². The molecule has 0 atom stereocenters. The lowest BCUT2D eigenvalue weighted by Gasteiger charge is -2.21. The lowest BCUT2D eigenvalue weighted by molar-refractivity contribution is 0.291. The van der Waals surface area contributed by atoms with E-state index in [2.05, 4.69) is 17.3 Å². The second-order valence-corrected chi connectivity index (χ2v) is 2.86. The van der Waals surface area contributed by atoms with Gasteiger partial charge in [0.25, 0.3) is 0 Å². The Morgan fingerprint density at radius 1 is 1.36 bits per heavy atom. The van der Waals surface area contributed by atoms with Crippen LogP contribution in [-0.2, 0) is 0 Å². The Morgan fingerprint density at radius 3 is 1.91 bits per heavy atom. The molecular weight excluding hydrogens is 183 g/mol. The molecule has 4 heteroatoms. The molecule has 0 bridgehead atoms. The van der Waals surface area contributed by atoms with Gasteiger partial charge in [0.1, 0.15) is 0 Å². The lowest BCUT2D eigenvalue weighted by atomic mass is 10.4. The molecule has 0 unspecified atom stereocenters. The van der Waals surface area contributed by atoms with E-state index in [1.165, 1.54) is 13.1 Å². The van der Waals surface area contributed by atoms with Crippen molar-refractivity contribution in [2.75, 3.05) is 39.1 Å². The van der Waals surface area contributed by atoms with Crippen LogP contribution >= 0.6 is 24.0 Å². The molecule has 0 aromatic carbocycles. The maximum absolute atomic E-state index is 5.00. The average Bonchev–Trinajstić information content (AvgIpc) is 1.91. The zero-order chi connectivity index (χ0) is 7.82. The van der Waals surface area contributed by atoms with Crippen LogP contribution in [0, 0.1) is 0 Å². The first-order valence-corrected chi connectivity index (χ1v) is 4.30. The maximum atomic E-state index is 5.00. The molecule has 1 saturated heterocycles. The minimum absolute atomic E-state index is 0. The van der Waals surface area contributed by atoms with Gasteiger partial charge in [-0.25, -0.2) is 0 Å². The molecule has 0 aliphatic carbocycles. The van der Waals surface area contributed by atoms with Crippen LogP contribution in [0.1, 0.15) is 6.92 Å². The third-order valence-electron chi connectivity index (χ3n) is 1.34. The maximum Gasteiger partial charge on any atom is 0.0195 e. The van der Waals surface area contributed by atoms with E-state index in [1.807, 2.05) is 6.92 Å². The first kappa shape index (κ1) is 14.0. The van der Waals surface area contributed by atoms with E-state index in [1.54, 1.807) is 0 Å². The Bertz CT molecular complexity index is 65.5. The van der Waals surface area contributed by atoms with Gasteiger partial charge < -0.3 is 10.2 Å². The number of likely N-dealkylation sites (N-methyl/N-ethyl adjacent to an activating group) is 1. The highest BCUT2D eigenvalue weighted by atomic mass is 35.5. The van der Waals surface area contributed by atoms with Crippen LogP contribution < -0.4 is 5.32 Å². The predicted octanol–water partition coefficient (Wildman–Crippen LogP) is 1.19. The highest BCUT2D eigenvalue weighted by molar-refractivity contribution is 6.17. The second kappa shape index (κ2) is 10.5. The summed E-state index contributed by atoms with van der Waals surface area (Å²) in [7, 11) is 2.15. The molecule has 1 aliphatic heterocycles. The van der Waals surface area contributed by atoms with Gasteiger partial charge in [0.15, 0.2) is 0 Å². The normalized spacial score (nSPS) is 17.7. The van der Waals surface area contributed by atoms with Crippen molar-refractivity contribution in [2.24, 2.45) is 0 Å². The van der Waals surface area contributed by atoms with Crippen molar-refractivity contribution in [1.29, 1.82) is 0 Å². The quantitative estimate of drug-likeness (QED) is 0.592. The monoisotopic (exact) mass is 200 g/mol. The Kier molecular flexibility index (Phi) is 13.4. The number of rotatable bonds is 0. The van der Waals surface area contributed by atoms with Crippen LogP contribution in [0.25, 0.3) is 0 Å². The van der Waals surface area contributed by atoms with Crippen molar-refractivity contribution in [1.82, 2.24) is 10.2 Å². The minimum atomic E-state index is 0. The van der Waals surface area contributed by atoms with E-state index in [0.717, 1.165) is 19.0 Å². The first-order chi connectivity index (χ1) is 4.81. The summed E-state index contributed by atoms with van der Waals surface area (Å²) >= 11 is 5.00. The highest BCUT2D eigenvalue weighted by Gasteiger charge is 2.01. The SMILES string of the molecule is CCCl.CN1CCNCC1.Cl. The number of alkyl halides is 1. The van der Waals surface area contributed by atoms with Crippen molar-refractivity contribution >= 4 is 24.0 Å². The van der Waals surface area contributed by atoms with Crippen molar-refractivity contribution in [3.05, 3.63) is 0 Å². The van der Waals surface area contributed by atoms with E-state index >= 15 is 0 Å². The number of nitrogens with one attached hydrogen (secondary N) is 1. The van der Waals surface area contributed by atoms with E-state index in [9.17, 15) is 0 Å². The smallest absolute Gasteiger partial charge is 0.0195 e. The van der Waals surface area contributed by atoms with Gasteiger partial charge in [-0.2, -0.15) is 0 Å². The third kappa shape index (κ3) is 10.5. The summed E-state index contributed by atoms with van der Waals surface area (Å²) in [5.41, 5.74) is 0. The predicted molar refractivity (Wildman–Crippen MR) is 54.0 cm³/mol. The first-order valence-electron chi connectivity index (χ1n) is 3.76. The Labute approximate surface area is 80.7 Å². The minimum Gasteiger partial charge on any atom is -0.314 e. The van der Waals surface area contributed by atoms with Gasteiger partial charge in [-0.1, -0.05) is 6.92 Å². The molecule has 1 aliphatic rings. The standard InChI is InChI=1S/C5H12N2.C2H5Cl.ClH/c1-7-4-2-6-3-5-7;1-2-3;/h6H,2-5H2,1H3;2H2,1H3;1H. The van der Waals surface area contributed by atoms with Crippen LogP contribution in [0.4, 0.5) is 0 Å². The summed E-state index contributed by atoms with van der Waals surface area (Å²) in [6.07, 6.45) is 0. The van der Waals surface area contributed by atoms with Gasteiger partial charge in [0, 0.05) is 32.1 Å². The highest BCUT2D eigenvalue weighted by Crippen LogP contribution is 1.83. The number of piperazine rings is 1. The fourth-order valence-electron chi connectivity index (χ4n) is 0.777. The van der Waals surface area contributed by atoms with Crippen LogP contribution in [0.2, 0.25) is 0 Å². The molecule has 0 amide bonds. The van der Waals surface area contributed by atoms with Gasteiger partial charge in [0.05, 0.1) is 0 Å². The van der Waals surface area contributed by atoms with E-state index in [0.29, 0.717) is 0 Å². The van der Waals surface area contributed by atoms with Crippen molar-refractivity contribution < 1.29 is 0 Å². The summed E-state index contributed by atoms with van der Waals surface area (Å²) < 4.78 is 0. The van der Waals surface area contributed by atoms with Gasteiger partial charge in [-0.15, -0.1) is 24.0 Å². The molecule has 1 rings (SSSR count). The van der Waals surface area contributed by atoms with E-state index < -0.39 is 0 Å². The third-order valence-corrected chi connectivity index (χ3v) is 1.34. The molecule has 70 valence electrons. The summed E-state index contributed by atoms with van der Waals surface area (Å²) in [6, 6.07) is 0. The van der Waals surface area contributed by atoms with Crippen LogP contribution in [0.5, 0.6) is 0 Å². The number of hydrogen-bond acceptors (Lipinski definition) is 2. The molecule has 0 radical (unpaired) electrons. The van der Waals surface area contributed by atoms with Gasteiger partial charge in [-0.3, -0.25) is 0 Å². The van der Waals surface area contributed by atoms with Gasteiger partial charge in [0.2, 0.25) is 0 Å². The molecule has 0 aromatic heterocycles. The summed E-state index contributed by atoms with van der Waals surface area (Å²) in [6.45, 7) is 6.63. The van der Waals surface area contributed by atoms with Gasteiger partial charge in [-0.05, 0) is 7.05 Å². The molecule has 11 heavy (non-hydrogen) atoms. The van der Waals surface area contributed by atoms with Crippen molar-refractivity contribution in [3.8, 4) is 0 Å². The Balaban J connectivity index is 0. The van der Waals surface area contributed by atoms with Gasteiger partial charge >= 0.3 is 0 Å². The largest absolute Gasteiger partial charge is 0.314 e. The zero-order valence-corrected chi connectivity index (χ0v) is 8.84. The molecule has 2 nitrogen and oxygen atoms in total. The number of nitrogens with zero attached hydrogens (tertiary/aromatic N) is 1. The number of hydrogen-bond donors (Lipinski definition) is 1. The fraction of sp³-hybridized carbons (Fsp3) is 1.00. The Morgan fingerprint density at radius 2 is 1.73 bits per heavy atom. The van der Waals surface area contributed by atoms with E-state index in [4.69, 9.17) is 11.6 Å².